The van der Waals surface area contributed by atoms with Gasteiger partial charge in [-0.3, -0.25) is 14.5 Å². The fourth-order valence-corrected chi connectivity index (χ4v) is 2.49. The highest BCUT2D eigenvalue weighted by atomic mass is 35.5. The number of hydrogen-bond acceptors (Lipinski definition) is 4. The zero-order chi connectivity index (χ0) is 15.4. The Bertz CT molecular complexity index is 550. The van der Waals surface area contributed by atoms with Crippen LogP contribution < -0.4 is 16.4 Å². The van der Waals surface area contributed by atoms with E-state index in [1.165, 1.54) is 0 Å². The van der Waals surface area contributed by atoms with E-state index in [9.17, 15) is 9.59 Å². The van der Waals surface area contributed by atoms with Gasteiger partial charge in [0.2, 0.25) is 11.8 Å². The van der Waals surface area contributed by atoms with Gasteiger partial charge in [-0.25, -0.2) is 0 Å². The zero-order valence-electron chi connectivity index (χ0n) is 11.9. The molecular weight excluding hydrogens is 292 g/mol. The van der Waals surface area contributed by atoms with Gasteiger partial charge >= 0.3 is 0 Å². The Hall–Kier alpha value is -1.63. The number of amides is 2. The average Bonchev–Trinajstić information content (AvgIpc) is 2.43. The molecule has 2 rings (SSSR count). The molecule has 1 saturated heterocycles. The number of halogens is 1. The van der Waals surface area contributed by atoms with E-state index in [0.717, 1.165) is 12.1 Å². The van der Waals surface area contributed by atoms with Crippen molar-refractivity contribution in [3.8, 4) is 0 Å². The molecular formula is C14H19ClN4O2. The molecule has 1 fully saturated rings. The summed E-state index contributed by atoms with van der Waals surface area (Å²) >= 11 is 5.93. The number of aryl methyl sites for hydroxylation is 1. The summed E-state index contributed by atoms with van der Waals surface area (Å²) in [6.45, 7) is 3.83. The van der Waals surface area contributed by atoms with Crippen molar-refractivity contribution in [2.75, 3.05) is 31.5 Å². The highest BCUT2D eigenvalue weighted by molar-refractivity contribution is 6.31. The Kier molecular flexibility index (Phi) is 5.17. The van der Waals surface area contributed by atoms with Gasteiger partial charge in [0, 0.05) is 30.3 Å². The van der Waals surface area contributed by atoms with Gasteiger partial charge in [0.05, 0.1) is 6.54 Å². The third-order valence-electron chi connectivity index (χ3n) is 3.50. The van der Waals surface area contributed by atoms with Crippen molar-refractivity contribution in [3.05, 3.63) is 28.8 Å². The Morgan fingerprint density at radius 1 is 1.52 bits per heavy atom. The van der Waals surface area contributed by atoms with Crippen LogP contribution in [0.15, 0.2) is 18.2 Å². The van der Waals surface area contributed by atoms with Gasteiger partial charge in [0.25, 0.3) is 0 Å². The molecule has 1 heterocycles. The number of nitrogens with zero attached hydrogens (tertiary/aromatic N) is 1. The molecule has 0 aromatic heterocycles. The van der Waals surface area contributed by atoms with Crippen LogP contribution in [0, 0.1) is 6.92 Å². The fraction of sp³-hybridized carbons (Fsp3) is 0.429. The predicted molar refractivity (Wildman–Crippen MR) is 82.2 cm³/mol. The molecule has 1 aromatic carbocycles. The van der Waals surface area contributed by atoms with E-state index in [2.05, 4.69) is 10.6 Å². The van der Waals surface area contributed by atoms with Gasteiger partial charge in [-0.2, -0.15) is 0 Å². The maximum absolute atomic E-state index is 12.1. The van der Waals surface area contributed by atoms with Gasteiger partial charge in [-0.15, -0.1) is 0 Å². The highest BCUT2D eigenvalue weighted by Crippen LogP contribution is 2.20. The molecule has 0 bridgehead atoms. The number of benzene rings is 1. The Morgan fingerprint density at radius 3 is 3.00 bits per heavy atom. The lowest BCUT2D eigenvalue weighted by molar-refractivity contribution is -0.125. The molecule has 0 saturated carbocycles. The normalized spacial score (nSPS) is 19.2. The largest absolute Gasteiger partial charge is 0.368 e. The second-order valence-corrected chi connectivity index (χ2v) is 5.54. The van der Waals surface area contributed by atoms with Crippen molar-refractivity contribution in [3.63, 3.8) is 0 Å². The third-order valence-corrected chi connectivity index (χ3v) is 3.74. The second kappa shape index (κ2) is 6.89. The van der Waals surface area contributed by atoms with Crippen LogP contribution in [0.2, 0.25) is 5.02 Å². The van der Waals surface area contributed by atoms with Crippen LogP contribution in [-0.4, -0.2) is 48.9 Å². The lowest BCUT2D eigenvalue weighted by Crippen LogP contribution is -2.58. The lowest BCUT2D eigenvalue weighted by atomic mass is 10.1. The van der Waals surface area contributed by atoms with Gasteiger partial charge < -0.3 is 16.4 Å². The van der Waals surface area contributed by atoms with E-state index in [0.29, 0.717) is 23.8 Å². The molecule has 21 heavy (non-hydrogen) atoms. The second-order valence-electron chi connectivity index (χ2n) is 5.10. The first kappa shape index (κ1) is 15.8. The van der Waals surface area contributed by atoms with E-state index < -0.39 is 11.9 Å². The Labute approximate surface area is 128 Å². The van der Waals surface area contributed by atoms with E-state index in [1.807, 2.05) is 13.0 Å². The van der Waals surface area contributed by atoms with Crippen LogP contribution in [0.25, 0.3) is 0 Å². The quantitative estimate of drug-likeness (QED) is 0.748. The average molecular weight is 311 g/mol. The minimum Gasteiger partial charge on any atom is -0.368 e. The standard InChI is InChI=1S/C14H19ClN4O2/c1-9-2-3-10(15)6-11(9)18-13(20)8-19-5-4-17-7-12(19)14(16)21/h2-3,6,12,17H,4-5,7-8H2,1H3,(H2,16,21)(H,18,20). The van der Waals surface area contributed by atoms with Crippen LogP contribution in [0.1, 0.15) is 5.56 Å². The van der Waals surface area contributed by atoms with E-state index in [4.69, 9.17) is 17.3 Å². The van der Waals surface area contributed by atoms with Crippen LogP contribution in [0.3, 0.4) is 0 Å². The summed E-state index contributed by atoms with van der Waals surface area (Å²) in [5.74, 6) is -0.609. The van der Waals surface area contributed by atoms with E-state index in [1.54, 1.807) is 17.0 Å². The first-order valence-corrected chi connectivity index (χ1v) is 7.15. The van der Waals surface area contributed by atoms with Crippen LogP contribution >= 0.6 is 11.6 Å². The minimum atomic E-state index is -0.454. The van der Waals surface area contributed by atoms with Crippen LogP contribution in [0.4, 0.5) is 5.69 Å². The summed E-state index contributed by atoms with van der Waals surface area (Å²) < 4.78 is 0. The van der Waals surface area contributed by atoms with Crippen molar-refractivity contribution in [2.24, 2.45) is 5.73 Å². The molecule has 2 amide bonds. The first-order chi connectivity index (χ1) is 9.97. The summed E-state index contributed by atoms with van der Waals surface area (Å²) in [5, 5.41) is 6.48. The van der Waals surface area contributed by atoms with Gasteiger partial charge in [0.15, 0.2) is 0 Å². The molecule has 7 heteroatoms. The maximum Gasteiger partial charge on any atom is 0.238 e. The number of hydrogen-bond donors (Lipinski definition) is 3. The zero-order valence-corrected chi connectivity index (χ0v) is 12.6. The van der Waals surface area contributed by atoms with Gasteiger partial charge in [-0.1, -0.05) is 17.7 Å². The monoisotopic (exact) mass is 310 g/mol. The molecule has 0 radical (unpaired) electrons. The van der Waals surface area contributed by atoms with Gasteiger partial charge in [-0.05, 0) is 24.6 Å². The number of nitrogens with one attached hydrogen (secondary N) is 2. The molecule has 4 N–H and O–H groups in total. The molecule has 1 atom stereocenters. The number of piperazine rings is 1. The summed E-state index contributed by atoms with van der Waals surface area (Å²) in [7, 11) is 0. The molecule has 114 valence electrons. The number of rotatable bonds is 4. The van der Waals surface area contributed by atoms with E-state index >= 15 is 0 Å². The predicted octanol–water partition coefficient (Wildman–Crippen LogP) is 0.346. The third kappa shape index (κ3) is 4.17. The first-order valence-electron chi connectivity index (χ1n) is 6.77. The number of nitrogens with two attached hydrogens (primary N) is 1. The van der Waals surface area contributed by atoms with Crippen molar-refractivity contribution in [1.29, 1.82) is 0 Å². The molecule has 0 aliphatic carbocycles. The van der Waals surface area contributed by atoms with E-state index in [-0.39, 0.29) is 12.5 Å². The van der Waals surface area contributed by atoms with Crippen molar-refractivity contribution < 1.29 is 9.59 Å². The van der Waals surface area contributed by atoms with Crippen molar-refractivity contribution in [2.45, 2.75) is 13.0 Å². The summed E-state index contributed by atoms with van der Waals surface area (Å²) in [6.07, 6.45) is 0. The Morgan fingerprint density at radius 2 is 2.29 bits per heavy atom. The lowest BCUT2D eigenvalue weighted by Gasteiger charge is -2.33. The highest BCUT2D eigenvalue weighted by Gasteiger charge is 2.28. The SMILES string of the molecule is Cc1ccc(Cl)cc1NC(=O)CN1CCNCC1C(N)=O. The number of primary amides is 1. The number of carbonyl (C=O) groups is 2. The topological polar surface area (TPSA) is 87.5 Å². The number of anilines is 1. The Balaban J connectivity index is 2.00. The molecule has 1 unspecified atom stereocenters. The minimum absolute atomic E-state index is 0.126. The molecule has 1 aliphatic heterocycles. The summed E-state index contributed by atoms with van der Waals surface area (Å²) in [4.78, 5) is 25.3. The molecule has 0 spiro atoms. The van der Waals surface area contributed by atoms with Crippen LogP contribution in [0.5, 0.6) is 0 Å². The molecule has 1 aliphatic rings. The maximum atomic E-state index is 12.1. The fourth-order valence-electron chi connectivity index (χ4n) is 2.32. The van der Waals surface area contributed by atoms with Crippen molar-refractivity contribution >= 4 is 29.1 Å². The smallest absolute Gasteiger partial charge is 0.238 e. The van der Waals surface area contributed by atoms with Crippen molar-refractivity contribution in [1.82, 2.24) is 10.2 Å². The summed E-state index contributed by atoms with van der Waals surface area (Å²) in [6, 6.07) is 4.86. The number of carbonyl (C=O) groups excluding carboxylic acids is 2. The summed E-state index contributed by atoms with van der Waals surface area (Å²) in [5.41, 5.74) is 6.97. The molecule has 1 aromatic rings. The molecule has 6 nitrogen and oxygen atoms in total. The van der Waals surface area contributed by atoms with Crippen LogP contribution in [-0.2, 0) is 9.59 Å². The van der Waals surface area contributed by atoms with Gasteiger partial charge in [0.1, 0.15) is 6.04 Å².